The summed E-state index contributed by atoms with van der Waals surface area (Å²) < 4.78 is 0. The first-order valence-corrected chi connectivity index (χ1v) is 6.28. The molecule has 0 radical (unpaired) electrons. The second-order valence-electron chi connectivity index (χ2n) is 4.50. The molecule has 4 heteroatoms. The standard InChI is InChI=1S/C13H17ClN2O/c1-9-2-3-10(6-12(9)14)7-15-11-4-5-13(17)16-8-11/h2-3,6,11,15H,4-5,7-8H2,1H3,(H,16,17). The zero-order chi connectivity index (χ0) is 12.3. The highest BCUT2D eigenvalue weighted by Gasteiger charge is 2.16. The van der Waals surface area contributed by atoms with Crippen LogP contribution in [0.2, 0.25) is 5.02 Å². The minimum atomic E-state index is 0.154. The summed E-state index contributed by atoms with van der Waals surface area (Å²) >= 11 is 6.07. The topological polar surface area (TPSA) is 41.1 Å². The van der Waals surface area contributed by atoms with Gasteiger partial charge in [0, 0.05) is 30.6 Å². The van der Waals surface area contributed by atoms with Gasteiger partial charge in [-0.15, -0.1) is 0 Å². The molecule has 0 spiro atoms. The molecule has 0 bridgehead atoms. The van der Waals surface area contributed by atoms with Crippen LogP contribution in [0.5, 0.6) is 0 Å². The molecule has 1 atom stereocenters. The first-order chi connectivity index (χ1) is 8.15. The molecule has 1 amide bonds. The fourth-order valence-corrected chi connectivity index (χ4v) is 2.12. The van der Waals surface area contributed by atoms with E-state index in [4.69, 9.17) is 11.6 Å². The van der Waals surface area contributed by atoms with Crippen molar-refractivity contribution in [2.45, 2.75) is 32.4 Å². The summed E-state index contributed by atoms with van der Waals surface area (Å²) in [7, 11) is 0. The Hall–Kier alpha value is -1.06. The number of piperidine rings is 1. The smallest absolute Gasteiger partial charge is 0.220 e. The average molecular weight is 253 g/mol. The Bertz CT molecular complexity index is 410. The van der Waals surface area contributed by atoms with Crippen LogP contribution in [0.1, 0.15) is 24.0 Å². The zero-order valence-electron chi connectivity index (χ0n) is 9.92. The van der Waals surface area contributed by atoms with Crippen LogP contribution >= 0.6 is 11.6 Å². The molecule has 1 saturated heterocycles. The van der Waals surface area contributed by atoms with Crippen LogP contribution < -0.4 is 10.6 Å². The second kappa shape index (κ2) is 5.52. The maximum atomic E-state index is 11.0. The average Bonchev–Trinajstić information content (AvgIpc) is 2.33. The third kappa shape index (κ3) is 3.45. The molecule has 92 valence electrons. The molecule has 3 nitrogen and oxygen atoms in total. The lowest BCUT2D eigenvalue weighted by Gasteiger charge is -2.23. The van der Waals surface area contributed by atoms with Gasteiger partial charge < -0.3 is 10.6 Å². The predicted octanol–water partition coefficient (Wildman–Crippen LogP) is 2.02. The fourth-order valence-electron chi connectivity index (χ4n) is 1.92. The van der Waals surface area contributed by atoms with E-state index in [-0.39, 0.29) is 5.91 Å². The number of amides is 1. The molecule has 1 fully saturated rings. The molecule has 1 heterocycles. The molecule has 1 aromatic rings. The number of benzene rings is 1. The van der Waals surface area contributed by atoms with Gasteiger partial charge in [-0.25, -0.2) is 0 Å². The van der Waals surface area contributed by atoms with Crippen LogP contribution in [-0.2, 0) is 11.3 Å². The number of rotatable bonds is 3. The van der Waals surface area contributed by atoms with Crippen LogP contribution in [0.4, 0.5) is 0 Å². The summed E-state index contributed by atoms with van der Waals surface area (Å²) in [5.74, 6) is 0.154. The molecule has 1 unspecified atom stereocenters. The van der Waals surface area contributed by atoms with Gasteiger partial charge in [-0.3, -0.25) is 4.79 Å². The molecule has 1 aliphatic rings. The Morgan fingerprint density at radius 3 is 3.00 bits per heavy atom. The highest BCUT2D eigenvalue weighted by Crippen LogP contribution is 2.16. The monoisotopic (exact) mass is 252 g/mol. The molecule has 1 aromatic carbocycles. The van der Waals surface area contributed by atoms with Crippen molar-refractivity contribution >= 4 is 17.5 Å². The van der Waals surface area contributed by atoms with E-state index in [2.05, 4.69) is 16.7 Å². The van der Waals surface area contributed by atoms with Gasteiger partial charge in [0.25, 0.3) is 0 Å². The van der Waals surface area contributed by atoms with Crippen LogP contribution in [0.3, 0.4) is 0 Å². The van der Waals surface area contributed by atoms with E-state index in [0.29, 0.717) is 12.5 Å². The van der Waals surface area contributed by atoms with E-state index in [9.17, 15) is 4.79 Å². The first-order valence-electron chi connectivity index (χ1n) is 5.90. The lowest BCUT2D eigenvalue weighted by Crippen LogP contribution is -2.45. The maximum Gasteiger partial charge on any atom is 0.220 e. The third-order valence-corrected chi connectivity index (χ3v) is 3.50. The lowest BCUT2D eigenvalue weighted by molar-refractivity contribution is -0.122. The van der Waals surface area contributed by atoms with Gasteiger partial charge in [0.2, 0.25) is 5.91 Å². The number of hydrogen-bond acceptors (Lipinski definition) is 2. The molecule has 17 heavy (non-hydrogen) atoms. The van der Waals surface area contributed by atoms with Crippen molar-refractivity contribution in [1.29, 1.82) is 0 Å². The Morgan fingerprint density at radius 2 is 2.35 bits per heavy atom. The van der Waals surface area contributed by atoms with Crippen molar-refractivity contribution in [1.82, 2.24) is 10.6 Å². The quantitative estimate of drug-likeness (QED) is 0.864. The van der Waals surface area contributed by atoms with Crippen molar-refractivity contribution in [3.63, 3.8) is 0 Å². The summed E-state index contributed by atoms with van der Waals surface area (Å²) in [5, 5.41) is 7.10. The summed E-state index contributed by atoms with van der Waals surface area (Å²) in [4.78, 5) is 11.0. The summed E-state index contributed by atoms with van der Waals surface area (Å²) in [6.45, 7) is 3.51. The minimum absolute atomic E-state index is 0.154. The second-order valence-corrected chi connectivity index (χ2v) is 4.91. The number of carbonyl (C=O) groups excluding carboxylic acids is 1. The zero-order valence-corrected chi connectivity index (χ0v) is 10.7. The maximum absolute atomic E-state index is 11.0. The first kappa shape index (κ1) is 12.4. The normalized spacial score (nSPS) is 20.1. The Kier molecular flexibility index (Phi) is 4.02. The predicted molar refractivity (Wildman–Crippen MR) is 69.1 cm³/mol. The summed E-state index contributed by atoms with van der Waals surface area (Å²) in [6, 6.07) is 6.47. The van der Waals surface area contributed by atoms with E-state index < -0.39 is 0 Å². The van der Waals surface area contributed by atoms with Crippen molar-refractivity contribution in [3.05, 3.63) is 34.3 Å². The molecule has 0 aromatic heterocycles. The molecule has 2 N–H and O–H groups in total. The molecule has 2 rings (SSSR count). The van der Waals surface area contributed by atoms with Crippen molar-refractivity contribution in [2.75, 3.05) is 6.54 Å². The van der Waals surface area contributed by atoms with Crippen LogP contribution in [0.25, 0.3) is 0 Å². The molecular formula is C13H17ClN2O. The molecular weight excluding hydrogens is 236 g/mol. The van der Waals surface area contributed by atoms with Gasteiger partial charge in [-0.05, 0) is 30.5 Å². The SMILES string of the molecule is Cc1ccc(CNC2CCC(=O)NC2)cc1Cl. The molecule has 1 aliphatic heterocycles. The lowest BCUT2D eigenvalue weighted by atomic mass is 10.1. The van der Waals surface area contributed by atoms with Gasteiger partial charge in [0.05, 0.1) is 0 Å². The molecule has 0 saturated carbocycles. The van der Waals surface area contributed by atoms with E-state index in [0.717, 1.165) is 30.1 Å². The van der Waals surface area contributed by atoms with E-state index in [1.807, 2.05) is 19.1 Å². The summed E-state index contributed by atoms with van der Waals surface area (Å²) in [6.07, 6.45) is 1.53. The summed E-state index contributed by atoms with van der Waals surface area (Å²) in [5.41, 5.74) is 2.28. The minimum Gasteiger partial charge on any atom is -0.355 e. The van der Waals surface area contributed by atoms with Crippen molar-refractivity contribution in [2.24, 2.45) is 0 Å². The number of nitrogens with one attached hydrogen (secondary N) is 2. The van der Waals surface area contributed by atoms with Gasteiger partial charge in [0.15, 0.2) is 0 Å². The van der Waals surface area contributed by atoms with Crippen LogP contribution in [-0.4, -0.2) is 18.5 Å². The number of aryl methyl sites for hydroxylation is 1. The highest BCUT2D eigenvalue weighted by atomic mass is 35.5. The third-order valence-electron chi connectivity index (χ3n) is 3.10. The molecule has 0 aliphatic carbocycles. The largest absolute Gasteiger partial charge is 0.355 e. The Labute approximate surface area is 107 Å². The van der Waals surface area contributed by atoms with Crippen molar-refractivity contribution in [3.8, 4) is 0 Å². The van der Waals surface area contributed by atoms with Gasteiger partial charge in [-0.2, -0.15) is 0 Å². The van der Waals surface area contributed by atoms with Gasteiger partial charge in [0.1, 0.15) is 0 Å². The van der Waals surface area contributed by atoms with Gasteiger partial charge in [-0.1, -0.05) is 23.7 Å². The number of carbonyl (C=O) groups is 1. The fraction of sp³-hybridized carbons (Fsp3) is 0.462. The van der Waals surface area contributed by atoms with E-state index in [1.54, 1.807) is 0 Å². The number of hydrogen-bond donors (Lipinski definition) is 2. The van der Waals surface area contributed by atoms with Gasteiger partial charge >= 0.3 is 0 Å². The van der Waals surface area contributed by atoms with Crippen LogP contribution in [0, 0.1) is 6.92 Å². The van der Waals surface area contributed by atoms with E-state index >= 15 is 0 Å². The van der Waals surface area contributed by atoms with Crippen LogP contribution in [0.15, 0.2) is 18.2 Å². The van der Waals surface area contributed by atoms with E-state index in [1.165, 1.54) is 5.56 Å². The Balaban J connectivity index is 1.85. The Morgan fingerprint density at radius 1 is 1.53 bits per heavy atom. The highest BCUT2D eigenvalue weighted by molar-refractivity contribution is 6.31. The van der Waals surface area contributed by atoms with Crippen molar-refractivity contribution < 1.29 is 4.79 Å². The number of halogens is 1.